The van der Waals surface area contributed by atoms with E-state index in [1.807, 2.05) is 0 Å². The second kappa shape index (κ2) is 8.24. The zero-order chi connectivity index (χ0) is 19.7. The number of carbonyl (C=O) groups excluding carboxylic acids is 2. The summed E-state index contributed by atoms with van der Waals surface area (Å²) in [5.74, 6) is -1.15. The van der Waals surface area contributed by atoms with Gasteiger partial charge in [-0.15, -0.1) is 0 Å². The summed E-state index contributed by atoms with van der Waals surface area (Å²) in [5, 5.41) is 0.167. The van der Waals surface area contributed by atoms with Gasteiger partial charge in [0.2, 0.25) is 0 Å². The molecule has 1 fully saturated rings. The Balaban J connectivity index is 1.61. The SMILES string of the molecule is O=C1C2=C(CCCC2)C(=O)N1c1cc(OC2CCCCCCC2)c(Cl)cc1F. The van der Waals surface area contributed by atoms with Crippen molar-refractivity contribution in [3.63, 3.8) is 0 Å². The number of halogens is 2. The molecule has 1 aromatic carbocycles. The number of hydrogen-bond acceptors (Lipinski definition) is 3. The predicted octanol–water partition coefficient (Wildman–Crippen LogP) is 5.71. The van der Waals surface area contributed by atoms with Gasteiger partial charge in [-0.25, -0.2) is 9.29 Å². The van der Waals surface area contributed by atoms with E-state index in [0.717, 1.165) is 49.5 Å². The molecule has 1 aliphatic heterocycles. The number of hydrogen-bond donors (Lipinski definition) is 0. The van der Waals surface area contributed by atoms with E-state index in [-0.39, 0.29) is 16.8 Å². The van der Waals surface area contributed by atoms with Gasteiger partial charge in [0.25, 0.3) is 11.8 Å². The molecule has 150 valence electrons. The summed E-state index contributed by atoms with van der Waals surface area (Å²) >= 11 is 6.23. The Hall–Kier alpha value is -1.88. The fourth-order valence-electron chi connectivity index (χ4n) is 4.45. The maximum absolute atomic E-state index is 14.7. The number of ether oxygens (including phenoxy) is 1. The van der Waals surface area contributed by atoms with Crippen molar-refractivity contribution in [2.75, 3.05) is 4.90 Å². The summed E-state index contributed by atoms with van der Waals surface area (Å²) in [6.07, 6.45) is 10.6. The van der Waals surface area contributed by atoms with Crippen LogP contribution in [0.2, 0.25) is 5.02 Å². The van der Waals surface area contributed by atoms with Crippen LogP contribution >= 0.6 is 11.6 Å². The Labute approximate surface area is 169 Å². The molecule has 1 heterocycles. The normalized spacial score (nSPS) is 21.6. The molecule has 1 saturated carbocycles. The Morgan fingerprint density at radius 2 is 1.46 bits per heavy atom. The van der Waals surface area contributed by atoms with Crippen LogP contribution in [0.3, 0.4) is 0 Å². The molecule has 0 saturated heterocycles. The van der Waals surface area contributed by atoms with Crippen LogP contribution in [0.25, 0.3) is 0 Å². The van der Waals surface area contributed by atoms with E-state index in [0.29, 0.717) is 29.7 Å². The molecular weight excluding hydrogens is 381 g/mol. The highest BCUT2D eigenvalue weighted by Gasteiger charge is 2.41. The van der Waals surface area contributed by atoms with Gasteiger partial charge in [-0.3, -0.25) is 9.59 Å². The molecule has 2 aliphatic carbocycles. The molecular formula is C22H25ClFNO3. The smallest absolute Gasteiger partial charge is 0.261 e. The minimum absolute atomic E-state index is 0.0208. The summed E-state index contributed by atoms with van der Waals surface area (Å²) in [6, 6.07) is 2.57. The third kappa shape index (κ3) is 3.69. The zero-order valence-corrected chi connectivity index (χ0v) is 16.7. The number of amides is 2. The van der Waals surface area contributed by atoms with Crippen LogP contribution in [0, 0.1) is 5.82 Å². The quantitative estimate of drug-likeness (QED) is 0.604. The van der Waals surface area contributed by atoms with Gasteiger partial charge in [-0.05, 0) is 57.4 Å². The van der Waals surface area contributed by atoms with Gasteiger partial charge >= 0.3 is 0 Å². The molecule has 28 heavy (non-hydrogen) atoms. The van der Waals surface area contributed by atoms with Crippen LogP contribution in [0.15, 0.2) is 23.3 Å². The van der Waals surface area contributed by atoms with Crippen molar-refractivity contribution in [1.29, 1.82) is 0 Å². The van der Waals surface area contributed by atoms with Crippen molar-refractivity contribution in [2.45, 2.75) is 76.7 Å². The molecule has 1 aromatic rings. The standard InChI is InChI=1S/C22H25ClFNO3/c23-17-12-18(24)19(13-20(17)28-14-8-4-2-1-3-5-9-14)25-21(26)15-10-6-7-11-16(15)22(25)27/h12-14H,1-11H2. The minimum atomic E-state index is -0.684. The molecule has 0 spiro atoms. The van der Waals surface area contributed by atoms with Gasteiger partial charge in [-0.1, -0.05) is 30.9 Å². The monoisotopic (exact) mass is 405 g/mol. The average molecular weight is 406 g/mol. The molecule has 4 rings (SSSR count). The lowest BCUT2D eigenvalue weighted by Gasteiger charge is -2.23. The van der Waals surface area contributed by atoms with E-state index in [1.54, 1.807) is 0 Å². The first kappa shape index (κ1) is 19.4. The molecule has 3 aliphatic rings. The molecule has 0 unspecified atom stereocenters. The summed E-state index contributed by atoms with van der Waals surface area (Å²) in [6.45, 7) is 0. The van der Waals surface area contributed by atoms with Crippen LogP contribution in [0.4, 0.5) is 10.1 Å². The van der Waals surface area contributed by atoms with E-state index >= 15 is 0 Å². The molecule has 4 nitrogen and oxygen atoms in total. The fourth-order valence-corrected chi connectivity index (χ4v) is 4.65. The van der Waals surface area contributed by atoms with Gasteiger partial charge < -0.3 is 4.74 Å². The summed E-state index contributed by atoms with van der Waals surface area (Å²) < 4.78 is 20.8. The largest absolute Gasteiger partial charge is 0.489 e. The second-order valence-electron chi connectivity index (χ2n) is 7.93. The number of benzene rings is 1. The first-order valence-corrected chi connectivity index (χ1v) is 10.7. The van der Waals surface area contributed by atoms with Crippen molar-refractivity contribution in [3.8, 4) is 5.75 Å². The van der Waals surface area contributed by atoms with Crippen molar-refractivity contribution < 1.29 is 18.7 Å². The van der Waals surface area contributed by atoms with Crippen molar-refractivity contribution >= 4 is 29.1 Å². The number of anilines is 1. The van der Waals surface area contributed by atoms with E-state index in [4.69, 9.17) is 16.3 Å². The highest BCUT2D eigenvalue weighted by Crippen LogP contribution is 2.40. The number of nitrogens with zero attached hydrogens (tertiary/aromatic N) is 1. The Morgan fingerprint density at radius 3 is 2.07 bits per heavy atom. The summed E-state index contributed by atoms with van der Waals surface area (Å²) in [4.78, 5) is 26.5. The predicted molar refractivity (Wildman–Crippen MR) is 106 cm³/mol. The highest BCUT2D eigenvalue weighted by molar-refractivity contribution is 6.34. The summed E-state index contributed by atoms with van der Waals surface area (Å²) in [5.41, 5.74) is 1.01. The Morgan fingerprint density at radius 1 is 0.893 bits per heavy atom. The van der Waals surface area contributed by atoms with Gasteiger partial charge in [0, 0.05) is 17.2 Å². The lowest BCUT2D eigenvalue weighted by atomic mass is 9.93. The second-order valence-corrected chi connectivity index (χ2v) is 8.34. The van der Waals surface area contributed by atoms with E-state index < -0.39 is 17.6 Å². The lowest BCUT2D eigenvalue weighted by Crippen LogP contribution is -2.32. The maximum Gasteiger partial charge on any atom is 0.261 e. The Kier molecular flexibility index (Phi) is 5.72. The number of rotatable bonds is 3. The van der Waals surface area contributed by atoms with Gasteiger partial charge in [0.05, 0.1) is 16.8 Å². The zero-order valence-electron chi connectivity index (χ0n) is 15.9. The minimum Gasteiger partial charge on any atom is -0.489 e. The van der Waals surface area contributed by atoms with Gasteiger partial charge in [0.1, 0.15) is 11.6 Å². The first-order valence-electron chi connectivity index (χ1n) is 10.3. The first-order chi connectivity index (χ1) is 13.6. The lowest BCUT2D eigenvalue weighted by molar-refractivity contribution is -0.120. The number of imide groups is 1. The number of carbonyl (C=O) groups is 2. The van der Waals surface area contributed by atoms with Crippen LogP contribution in [-0.2, 0) is 9.59 Å². The van der Waals surface area contributed by atoms with Crippen LogP contribution < -0.4 is 9.64 Å². The maximum atomic E-state index is 14.7. The van der Waals surface area contributed by atoms with Crippen LogP contribution in [-0.4, -0.2) is 17.9 Å². The molecule has 2 amide bonds. The van der Waals surface area contributed by atoms with Crippen molar-refractivity contribution in [1.82, 2.24) is 0 Å². The highest BCUT2D eigenvalue weighted by atomic mass is 35.5. The average Bonchev–Trinajstić information content (AvgIpc) is 2.91. The molecule has 0 aromatic heterocycles. The Bertz CT molecular complexity index is 799. The van der Waals surface area contributed by atoms with E-state index in [2.05, 4.69) is 0 Å². The molecule has 0 bridgehead atoms. The third-order valence-corrected chi connectivity index (χ3v) is 6.27. The van der Waals surface area contributed by atoms with E-state index in [1.165, 1.54) is 25.3 Å². The molecule has 0 N–H and O–H groups in total. The summed E-state index contributed by atoms with van der Waals surface area (Å²) in [7, 11) is 0. The molecule has 6 heteroatoms. The van der Waals surface area contributed by atoms with Crippen molar-refractivity contribution in [2.24, 2.45) is 0 Å². The van der Waals surface area contributed by atoms with Crippen molar-refractivity contribution in [3.05, 3.63) is 34.1 Å². The van der Waals surface area contributed by atoms with Crippen LogP contribution in [0.1, 0.15) is 70.6 Å². The molecule has 0 radical (unpaired) electrons. The fraction of sp³-hybridized carbons (Fsp3) is 0.545. The van der Waals surface area contributed by atoms with Gasteiger partial charge in [-0.2, -0.15) is 0 Å². The van der Waals surface area contributed by atoms with Crippen LogP contribution in [0.5, 0.6) is 5.75 Å². The van der Waals surface area contributed by atoms with Gasteiger partial charge in [0.15, 0.2) is 0 Å². The topological polar surface area (TPSA) is 46.6 Å². The van der Waals surface area contributed by atoms with E-state index in [9.17, 15) is 14.0 Å². The third-order valence-electron chi connectivity index (χ3n) is 5.98. The molecule has 0 atom stereocenters.